The van der Waals surface area contributed by atoms with Crippen LogP contribution in [0.4, 0.5) is 4.79 Å². The lowest BCUT2D eigenvalue weighted by Crippen LogP contribution is -2.58. The molecule has 0 aromatic heterocycles. The molecule has 8 atom stereocenters. The molecule has 3 heterocycles. The summed E-state index contributed by atoms with van der Waals surface area (Å²) in [4.78, 5) is 94.8. The van der Waals surface area contributed by atoms with Crippen molar-refractivity contribution in [3.05, 3.63) is 58.7 Å². The third-order valence-corrected chi connectivity index (χ3v) is 18.0. The molecule has 2 fully saturated rings. The highest BCUT2D eigenvalue weighted by molar-refractivity contribution is 5.94. The zero-order chi connectivity index (χ0) is 62.7. The van der Waals surface area contributed by atoms with Crippen LogP contribution in [0.2, 0.25) is 0 Å². The van der Waals surface area contributed by atoms with Crippen molar-refractivity contribution >= 4 is 41.4 Å². The largest absolute Gasteiger partial charge is 0.489 e. The van der Waals surface area contributed by atoms with Crippen LogP contribution in [0.1, 0.15) is 202 Å². The minimum atomic E-state index is -0.713. The number of fused-ring (bicyclic) bond motifs is 2. The number of benzene rings is 2. The molecule has 488 valence electrons. The molecule has 2 saturated carbocycles. The second-order valence-corrected chi connectivity index (χ2v) is 27.1. The van der Waals surface area contributed by atoms with Crippen molar-refractivity contribution in [1.29, 1.82) is 0 Å². The summed E-state index contributed by atoms with van der Waals surface area (Å²) >= 11 is 0. The van der Waals surface area contributed by atoms with Crippen molar-refractivity contribution in [2.24, 2.45) is 23.7 Å². The molecule has 2 aliphatic carbocycles. The number of carbonyl (C=O) groups is 7. The van der Waals surface area contributed by atoms with Gasteiger partial charge in [-0.1, -0.05) is 110 Å². The average Bonchev–Trinajstić information content (AvgIpc) is 3.04. The monoisotopic (exact) mass is 1210 g/mol. The number of amides is 6. The molecule has 2 aromatic rings. The maximum absolute atomic E-state index is 14.0. The lowest BCUT2D eigenvalue weighted by molar-refractivity contribution is -0.142. The van der Waals surface area contributed by atoms with E-state index in [9.17, 15) is 33.6 Å². The first-order valence-electron chi connectivity index (χ1n) is 32.8. The van der Waals surface area contributed by atoms with Crippen LogP contribution in [0.25, 0.3) is 0 Å². The molecule has 0 saturated heterocycles. The normalized spacial score (nSPS) is 22.8. The third kappa shape index (κ3) is 22.1. The van der Waals surface area contributed by atoms with E-state index < -0.39 is 41.9 Å². The minimum Gasteiger partial charge on any atom is -0.489 e. The number of alkyl carbamates (subject to hydrolysis) is 1. The van der Waals surface area contributed by atoms with Crippen LogP contribution >= 0.6 is 0 Å². The Morgan fingerprint density at radius 2 is 1.43 bits per heavy atom. The molecule has 3 aliphatic heterocycles. The van der Waals surface area contributed by atoms with Crippen molar-refractivity contribution < 1.29 is 47.8 Å². The average molecular weight is 1210 g/mol. The van der Waals surface area contributed by atoms with Crippen LogP contribution in [-0.2, 0) is 59.2 Å². The summed E-state index contributed by atoms with van der Waals surface area (Å²) in [6.45, 7) is 20.8. The summed E-state index contributed by atoms with van der Waals surface area (Å²) in [5.74, 6) is 1.76. The highest BCUT2D eigenvalue weighted by Crippen LogP contribution is 2.35. The van der Waals surface area contributed by atoms with E-state index in [0.717, 1.165) is 125 Å². The Labute approximate surface area is 522 Å². The first-order valence-corrected chi connectivity index (χ1v) is 32.8. The molecule has 2 bridgehead atoms. The first kappa shape index (κ1) is 72.0. The number of Topliss-reactive ketones (excluding diaryl/α,β-unsaturated/α-hetero) is 1. The molecule has 0 unspecified atom stereocenters. The zero-order valence-electron chi connectivity index (χ0n) is 54.3. The Bertz CT molecular complexity index is 2560. The molecule has 18 heteroatoms. The number of hydrogen-bond acceptors (Lipinski definition) is 12. The van der Waals surface area contributed by atoms with Gasteiger partial charge in [0.1, 0.15) is 47.4 Å². The van der Waals surface area contributed by atoms with E-state index in [1.54, 1.807) is 32.8 Å². The molecule has 0 spiro atoms. The molecule has 6 amide bonds. The fourth-order valence-corrected chi connectivity index (χ4v) is 12.8. The van der Waals surface area contributed by atoms with Crippen molar-refractivity contribution in [3.63, 3.8) is 0 Å². The summed E-state index contributed by atoms with van der Waals surface area (Å²) in [5, 5.41) is 18.9. The number of para-hydroxylation sites is 2. The SMILES string of the molecule is C.CC(=O)[C@@H](CC(C)C)NC(=O)[C@@H](C)N(C)C(=O)[C@@H](NC[C@H]1CCc2cccc(CCCNC(=O)OC(C)(C)C)c2O1)C1CCCCC1.CC(C)C[C@H]1NC(=O)[C@@H](C)N(C)C(=O)[C@H](C2CCCCC2)NC[C@H]2CCc3cccc(c3O2)CCCNC1=O. The Morgan fingerprint density at radius 3 is 2.07 bits per heavy atom. The number of nitrogens with one attached hydrogen (secondary N) is 6. The van der Waals surface area contributed by atoms with Crippen LogP contribution in [0.3, 0.4) is 0 Å². The van der Waals surface area contributed by atoms with Crippen LogP contribution in [0, 0.1) is 23.7 Å². The van der Waals surface area contributed by atoms with Crippen LogP contribution < -0.4 is 41.4 Å². The van der Waals surface area contributed by atoms with E-state index in [1.165, 1.54) is 35.8 Å². The minimum absolute atomic E-state index is 0. The zero-order valence-corrected chi connectivity index (χ0v) is 54.3. The third-order valence-electron chi connectivity index (χ3n) is 18.0. The molecule has 87 heavy (non-hydrogen) atoms. The summed E-state index contributed by atoms with van der Waals surface area (Å²) in [6.07, 6.45) is 18.0. The highest BCUT2D eigenvalue weighted by Gasteiger charge is 2.39. The quantitative estimate of drug-likeness (QED) is 0.0768. The van der Waals surface area contributed by atoms with Gasteiger partial charge in [0.25, 0.3) is 0 Å². The molecule has 2 aromatic carbocycles. The summed E-state index contributed by atoms with van der Waals surface area (Å²) < 4.78 is 18.4. The molecule has 18 nitrogen and oxygen atoms in total. The van der Waals surface area contributed by atoms with Crippen LogP contribution in [0.5, 0.6) is 11.5 Å². The highest BCUT2D eigenvalue weighted by atomic mass is 16.6. The van der Waals surface area contributed by atoms with Gasteiger partial charge in [-0.15, -0.1) is 0 Å². The Hall–Kier alpha value is -5.75. The number of hydrogen-bond donors (Lipinski definition) is 6. The van der Waals surface area contributed by atoms with Gasteiger partial charge < -0.3 is 55.9 Å². The van der Waals surface area contributed by atoms with Gasteiger partial charge >= 0.3 is 6.09 Å². The van der Waals surface area contributed by atoms with E-state index in [2.05, 4.69) is 68.3 Å². The fourth-order valence-electron chi connectivity index (χ4n) is 12.8. The molecule has 0 radical (unpaired) electrons. The standard InChI is InChI=1S/C37H60N4O6.C31H48N4O4.CH4/c1-24(2)22-31(26(4)42)40-34(43)25(3)41(8)35(44)32(27-14-10-9-11-15-27)39-23-30-20-19-29-17-12-16-28(33(29)46-30)18-13-21-38-36(45)47-37(5,6)7;1-20(2)18-26-30(37)32-17-9-14-23-12-8-13-24-15-16-25(39-28(23)24)19-33-27(22-10-6-5-7-11-22)31(38)35(4)21(3)29(36)34-26;/h12,16-17,24-25,27,30-32,39H,9-11,13-15,18-23H2,1-8H3,(H,38,45)(H,40,43);8,12-13,20-22,25-27,33H,5-7,9-11,14-19H2,1-4H3,(H,32,37)(H,34,36);1H4/t25-,30-,31-,32+;21-,25-,26-,27+;/m11./s1. The Morgan fingerprint density at radius 1 is 0.793 bits per heavy atom. The van der Waals surface area contributed by atoms with Crippen molar-refractivity contribution in [2.75, 3.05) is 40.3 Å². The molecular formula is C69H112N8O10. The maximum Gasteiger partial charge on any atom is 0.407 e. The van der Waals surface area contributed by atoms with Gasteiger partial charge in [0, 0.05) is 40.3 Å². The second kappa shape index (κ2) is 34.9. The van der Waals surface area contributed by atoms with Crippen molar-refractivity contribution in [2.45, 2.75) is 259 Å². The summed E-state index contributed by atoms with van der Waals surface area (Å²) in [7, 11) is 3.40. The maximum atomic E-state index is 14.0. The van der Waals surface area contributed by atoms with E-state index in [4.69, 9.17) is 14.2 Å². The van der Waals surface area contributed by atoms with Crippen molar-refractivity contribution in [3.8, 4) is 11.5 Å². The predicted octanol–water partition coefficient (Wildman–Crippen LogP) is 9.34. The number of likely N-dealkylation sites (N-methyl/N-ethyl adjacent to an activating group) is 2. The Kier molecular flexibility index (Phi) is 28.8. The molecular weight excluding hydrogens is 1100 g/mol. The van der Waals surface area contributed by atoms with Gasteiger partial charge in [0.05, 0.1) is 18.1 Å². The Balaban J connectivity index is 0.000000318. The van der Waals surface area contributed by atoms with Crippen LogP contribution in [0.15, 0.2) is 36.4 Å². The van der Waals surface area contributed by atoms with E-state index in [-0.39, 0.29) is 84.7 Å². The second-order valence-electron chi connectivity index (χ2n) is 27.1. The first-order chi connectivity index (χ1) is 40.9. The molecule has 5 aliphatic rings. The number of aryl methyl sites for hydroxylation is 4. The molecule has 7 rings (SSSR count). The lowest BCUT2D eigenvalue weighted by atomic mass is 9.83. The van der Waals surface area contributed by atoms with Gasteiger partial charge in [-0.3, -0.25) is 28.8 Å². The van der Waals surface area contributed by atoms with Gasteiger partial charge in [0.15, 0.2) is 5.78 Å². The number of carbonyl (C=O) groups excluding carboxylic acids is 7. The smallest absolute Gasteiger partial charge is 0.407 e. The number of nitrogens with zero attached hydrogens (tertiary/aromatic N) is 2. The van der Waals surface area contributed by atoms with Gasteiger partial charge in [0.2, 0.25) is 29.5 Å². The number of rotatable bonds is 18. The summed E-state index contributed by atoms with van der Waals surface area (Å²) in [6, 6.07) is 9.20. The van der Waals surface area contributed by atoms with Gasteiger partial charge in [-0.05, 0) is 177 Å². The van der Waals surface area contributed by atoms with Crippen molar-refractivity contribution in [1.82, 2.24) is 41.7 Å². The van der Waals surface area contributed by atoms with E-state index >= 15 is 0 Å². The fraction of sp³-hybridized carbons (Fsp3) is 0.725. The summed E-state index contributed by atoms with van der Waals surface area (Å²) in [5.41, 5.74) is 4.15. The topological polar surface area (TPSA) is 226 Å². The number of ether oxygens (including phenoxy) is 3. The lowest BCUT2D eigenvalue weighted by Gasteiger charge is -2.36. The number of ketones is 1. The molecule has 6 N–H and O–H groups in total. The van der Waals surface area contributed by atoms with E-state index in [1.807, 2.05) is 48.5 Å². The predicted molar refractivity (Wildman–Crippen MR) is 344 cm³/mol. The van der Waals surface area contributed by atoms with Gasteiger partial charge in [-0.2, -0.15) is 0 Å². The van der Waals surface area contributed by atoms with Crippen LogP contribution in [-0.4, -0.2) is 146 Å². The van der Waals surface area contributed by atoms with E-state index in [0.29, 0.717) is 39.0 Å². The van der Waals surface area contributed by atoms with Gasteiger partial charge in [-0.25, -0.2) is 4.79 Å².